The lowest BCUT2D eigenvalue weighted by Crippen LogP contribution is -2.42. The minimum Gasteiger partial charge on any atom is -0.334 e. The zero-order chi connectivity index (χ0) is 20.6. The number of amides is 1. The summed E-state index contributed by atoms with van der Waals surface area (Å²) in [7, 11) is 1.75. The van der Waals surface area contributed by atoms with Crippen molar-refractivity contribution in [2.75, 3.05) is 7.05 Å². The summed E-state index contributed by atoms with van der Waals surface area (Å²) in [6.45, 7) is 5.89. The third kappa shape index (κ3) is 4.19. The number of carbonyl (C=O) groups excluding carboxylic acids is 1. The second-order valence-electron chi connectivity index (χ2n) is 7.48. The molecule has 2 aromatic carbocycles. The van der Waals surface area contributed by atoms with Crippen molar-refractivity contribution in [3.63, 3.8) is 0 Å². The topological polar surface area (TPSA) is 49.0 Å². The van der Waals surface area contributed by atoms with E-state index in [1.807, 2.05) is 32.9 Å². The first-order chi connectivity index (χ1) is 13.1. The Labute approximate surface area is 179 Å². The molecule has 1 N–H and O–H groups in total. The Balaban J connectivity index is 2.18. The number of aromatic amines is 1. The Morgan fingerprint density at radius 2 is 1.61 bits per heavy atom. The number of aromatic nitrogens is 2. The van der Waals surface area contributed by atoms with Crippen LogP contribution < -0.4 is 0 Å². The van der Waals surface area contributed by atoms with E-state index in [-0.39, 0.29) is 17.3 Å². The summed E-state index contributed by atoms with van der Waals surface area (Å²) in [4.78, 5) is 22.4. The fraction of sp³-hybridized carbons (Fsp3) is 0.238. The van der Waals surface area contributed by atoms with E-state index in [0.29, 0.717) is 32.0 Å². The van der Waals surface area contributed by atoms with Crippen LogP contribution in [0.5, 0.6) is 0 Å². The maximum atomic E-state index is 13.0. The Morgan fingerprint density at radius 1 is 1.00 bits per heavy atom. The number of hydrogen-bond acceptors (Lipinski definition) is 2. The highest BCUT2D eigenvalue weighted by atomic mass is 35.5. The van der Waals surface area contributed by atoms with E-state index < -0.39 is 0 Å². The van der Waals surface area contributed by atoms with E-state index in [1.165, 1.54) is 0 Å². The van der Waals surface area contributed by atoms with Gasteiger partial charge in [-0.1, -0.05) is 46.9 Å². The molecule has 1 amide bonds. The maximum absolute atomic E-state index is 13.0. The highest BCUT2D eigenvalue weighted by molar-refractivity contribution is 6.36. The molecule has 7 heteroatoms. The van der Waals surface area contributed by atoms with Crippen LogP contribution in [-0.4, -0.2) is 33.4 Å². The van der Waals surface area contributed by atoms with Gasteiger partial charge in [0.05, 0.1) is 16.4 Å². The second-order valence-corrected chi connectivity index (χ2v) is 8.76. The Hall–Kier alpha value is -2.01. The monoisotopic (exact) mass is 435 g/mol. The van der Waals surface area contributed by atoms with E-state index in [4.69, 9.17) is 34.8 Å². The van der Waals surface area contributed by atoms with Gasteiger partial charge in [-0.05, 0) is 51.1 Å². The fourth-order valence-electron chi connectivity index (χ4n) is 2.64. The highest BCUT2D eigenvalue weighted by Crippen LogP contribution is 2.36. The van der Waals surface area contributed by atoms with Crippen LogP contribution in [0.15, 0.2) is 42.5 Å². The zero-order valence-electron chi connectivity index (χ0n) is 16.0. The van der Waals surface area contributed by atoms with Crippen molar-refractivity contribution in [1.29, 1.82) is 0 Å². The number of nitrogens with one attached hydrogen (secondary N) is 1. The predicted octanol–water partition coefficient (Wildman–Crippen LogP) is 6.57. The molecular weight excluding hydrogens is 417 g/mol. The van der Waals surface area contributed by atoms with E-state index in [2.05, 4.69) is 9.97 Å². The van der Waals surface area contributed by atoms with Crippen molar-refractivity contribution in [3.8, 4) is 22.5 Å². The second kappa shape index (κ2) is 7.78. The molecule has 0 aliphatic rings. The first-order valence-corrected chi connectivity index (χ1v) is 9.81. The van der Waals surface area contributed by atoms with Gasteiger partial charge in [0.15, 0.2) is 5.82 Å². The van der Waals surface area contributed by atoms with Gasteiger partial charge in [0.1, 0.15) is 0 Å². The lowest BCUT2D eigenvalue weighted by Gasteiger charge is -2.31. The van der Waals surface area contributed by atoms with Crippen molar-refractivity contribution in [1.82, 2.24) is 14.9 Å². The van der Waals surface area contributed by atoms with Crippen molar-refractivity contribution < 1.29 is 4.79 Å². The summed E-state index contributed by atoms with van der Waals surface area (Å²) in [6.07, 6.45) is 0. The minimum absolute atomic E-state index is 0.209. The first-order valence-electron chi connectivity index (χ1n) is 8.67. The van der Waals surface area contributed by atoms with Crippen molar-refractivity contribution in [2.24, 2.45) is 0 Å². The average molecular weight is 437 g/mol. The molecule has 0 aliphatic heterocycles. The number of carbonyl (C=O) groups is 1. The molecule has 3 rings (SSSR count). The molecule has 28 heavy (non-hydrogen) atoms. The molecular formula is C21H20Cl3N3O. The van der Waals surface area contributed by atoms with Crippen molar-refractivity contribution >= 4 is 40.7 Å². The summed E-state index contributed by atoms with van der Waals surface area (Å²) in [6, 6.07) is 12.5. The summed E-state index contributed by atoms with van der Waals surface area (Å²) in [5, 5.41) is 1.62. The number of H-pyrrole nitrogens is 1. The van der Waals surface area contributed by atoms with Crippen LogP contribution in [0.2, 0.25) is 15.1 Å². The fourth-order valence-corrected chi connectivity index (χ4v) is 3.27. The Kier molecular flexibility index (Phi) is 5.76. The summed E-state index contributed by atoms with van der Waals surface area (Å²) < 4.78 is 0. The third-order valence-electron chi connectivity index (χ3n) is 4.54. The van der Waals surface area contributed by atoms with Gasteiger partial charge in [0, 0.05) is 33.8 Å². The summed E-state index contributed by atoms with van der Waals surface area (Å²) in [5.41, 5.74) is 2.45. The molecule has 146 valence electrons. The quantitative estimate of drug-likeness (QED) is 0.504. The number of halogens is 3. The molecule has 4 nitrogen and oxygen atoms in total. The summed E-state index contributed by atoms with van der Waals surface area (Å²) >= 11 is 18.5. The normalized spacial score (nSPS) is 11.5. The van der Waals surface area contributed by atoms with Gasteiger partial charge in [0.25, 0.3) is 5.91 Å². The lowest BCUT2D eigenvalue weighted by atomic mass is 10.1. The van der Waals surface area contributed by atoms with Crippen molar-refractivity contribution in [3.05, 3.63) is 63.4 Å². The first kappa shape index (κ1) is 20.7. The van der Waals surface area contributed by atoms with Gasteiger partial charge >= 0.3 is 0 Å². The molecule has 0 saturated carbocycles. The van der Waals surface area contributed by atoms with E-state index in [9.17, 15) is 4.79 Å². The zero-order valence-corrected chi connectivity index (χ0v) is 18.2. The van der Waals surface area contributed by atoms with Gasteiger partial charge in [0.2, 0.25) is 0 Å². The van der Waals surface area contributed by atoms with Crippen LogP contribution in [0.25, 0.3) is 22.5 Å². The predicted molar refractivity (Wildman–Crippen MR) is 116 cm³/mol. The van der Waals surface area contributed by atoms with Crippen LogP contribution in [0.4, 0.5) is 0 Å². The number of benzene rings is 2. The van der Waals surface area contributed by atoms with Gasteiger partial charge < -0.3 is 9.88 Å². The SMILES string of the molecule is CN(C(=O)c1nc(-c2ccc(Cl)cc2)c(-c2ccc(Cl)cc2Cl)[nH]1)C(C)(C)C. The molecule has 1 aromatic heterocycles. The third-order valence-corrected chi connectivity index (χ3v) is 5.34. The molecule has 0 unspecified atom stereocenters. The van der Waals surface area contributed by atoms with E-state index in [0.717, 1.165) is 5.56 Å². The molecule has 0 fully saturated rings. The maximum Gasteiger partial charge on any atom is 0.289 e. The van der Waals surface area contributed by atoms with Crippen molar-refractivity contribution in [2.45, 2.75) is 26.3 Å². The smallest absolute Gasteiger partial charge is 0.289 e. The molecule has 1 heterocycles. The lowest BCUT2D eigenvalue weighted by molar-refractivity contribution is 0.0644. The molecule has 0 saturated heterocycles. The van der Waals surface area contributed by atoms with Crippen LogP contribution in [0, 0.1) is 0 Å². The van der Waals surface area contributed by atoms with Crippen LogP contribution in [0.3, 0.4) is 0 Å². The van der Waals surface area contributed by atoms with Gasteiger partial charge in [-0.15, -0.1) is 0 Å². The number of rotatable bonds is 3. The largest absolute Gasteiger partial charge is 0.334 e. The highest BCUT2D eigenvalue weighted by Gasteiger charge is 2.27. The number of hydrogen-bond donors (Lipinski definition) is 1. The Morgan fingerprint density at radius 3 is 2.18 bits per heavy atom. The minimum atomic E-state index is -0.345. The Bertz CT molecular complexity index is 1020. The van der Waals surface area contributed by atoms with Crippen LogP contribution in [-0.2, 0) is 0 Å². The molecule has 0 atom stereocenters. The van der Waals surface area contributed by atoms with Crippen LogP contribution >= 0.6 is 34.8 Å². The number of imidazole rings is 1. The molecule has 0 radical (unpaired) electrons. The molecule has 0 bridgehead atoms. The average Bonchev–Trinajstić information content (AvgIpc) is 3.05. The van der Waals surface area contributed by atoms with Gasteiger partial charge in [-0.3, -0.25) is 4.79 Å². The van der Waals surface area contributed by atoms with Gasteiger partial charge in [-0.25, -0.2) is 4.98 Å². The number of nitrogens with zero attached hydrogens (tertiary/aromatic N) is 2. The standard InChI is InChI=1S/C21H20Cl3N3O/c1-21(2,3)27(4)20(28)19-25-17(12-5-7-13(22)8-6-12)18(26-19)15-10-9-14(23)11-16(15)24/h5-11H,1-4H3,(H,25,26). The molecule has 0 aliphatic carbocycles. The molecule has 3 aromatic rings. The molecule has 0 spiro atoms. The van der Waals surface area contributed by atoms with Gasteiger partial charge in [-0.2, -0.15) is 0 Å². The van der Waals surface area contributed by atoms with E-state index >= 15 is 0 Å². The van der Waals surface area contributed by atoms with E-state index in [1.54, 1.807) is 42.3 Å². The summed E-state index contributed by atoms with van der Waals surface area (Å²) in [5.74, 6) is 0.0300. The van der Waals surface area contributed by atoms with Crippen LogP contribution in [0.1, 0.15) is 31.4 Å².